The van der Waals surface area contributed by atoms with Crippen LogP contribution < -0.4 is 5.32 Å². The van der Waals surface area contributed by atoms with Gasteiger partial charge in [0.25, 0.3) is 0 Å². The molecule has 0 bridgehead atoms. The standard InChI is InChI=1S/C9H17NO4/c1-7(11)10-6-9(13-3)5-4-8(12-2)14-9/h8H,4-6H2,1-3H3,(H,10,11)/t8-,9-/m0/s1. The van der Waals surface area contributed by atoms with Gasteiger partial charge in [-0.1, -0.05) is 0 Å². The van der Waals surface area contributed by atoms with Gasteiger partial charge in [0, 0.05) is 34.0 Å². The zero-order valence-electron chi connectivity index (χ0n) is 8.83. The van der Waals surface area contributed by atoms with Crippen molar-refractivity contribution in [2.75, 3.05) is 20.8 Å². The van der Waals surface area contributed by atoms with Crippen molar-refractivity contribution in [1.82, 2.24) is 5.32 Å². The van der Waals surface area contributed by atoms with E-state index in [0.717, 1.165) is 12.8 Å². The second kappa shape index (κ2) is 4.72. The molecule has 0 aliphatic carbocycles. The Bertz CT molecular complexity index is 209. The van der Waals surface area contributed by atoms with Gasteiger partial charge < -0.3 is 19.5 Å². The Morgan fingerprint density at radius 3 is 2.79 bits per heavy atom. The highest BCUT2D eigenvalue weighted by Gasteiger charge is 2.40. The maximum Gasteiger partial charge on any atom is 0.217 e. The minimum atomic E-state index is -0.716. The average molecular weight is 203 g/mol. The molecule has 14 heavy (non-hydrogen) atoms. The summed E-state index contributed by atoms with van der Waals surface area (Å²) in [7, 11) is 3.16. The van der Waals surface area contributed by atoms with Crippen molar-refractivity contribution in [2.24, 2.45) is 0 Å². The summed E-state index contributed by atoms with van der Waals surface area (Å²) < 4.78 is 15.9. The maximum absolute atomic E-state index is 10.8. The molecule has 0 aromatic rings. The first-order valence-corrected chi connectivity index (χ1v) is 4.62. The summed E-state index contributed by atoms with van der Waals surface area (Å²) in [6, 6.07) is 0. The Balaban J connectivity index is 2.47. The zero-order chi connectivity index (χ0) is 10.6. The molecule has 1 saturated heterocycles. The number of carbonyl (C=O) groups excluding carboxylic acids is 1. The summed E-state index contributed by atoms with van der Waals surface area (Å²) >= 11 is 0. The van der Waals surface area contributed by atoms with Gasteiger partial charge in [-0.25, -0.2) is 0 Å². The molecule has 82 valence electrons. The normalized spacial score (nSPS) is 31.8. The SMILES string of the molecule is CO[C@@H]1CC[C@](CNC(C)=O)(OC)O1. The van der Waals surface area contributed by atoms with E-state index in [1.807, 2.05) is 0 Å². The van der Waals surface area contributed by atoms with Crippen molar-refractivity contribution in [3.8, 4) is 0 Å². The van der Waals surface area contributed by atoms with Crippen LogP contribution in [0.4, 0.5) is 0 Å². The molecule has 1 aliphatic rings. The molecule has 0 aromatic heterocycles. The summed E-state index contributed by atoms with van der Waals surface area (Å²) in [5.74, 6) is -0.808. The van der Waals surface area contributed by atoms with E-state index < -0.39 is 5.79 Å². The first-order chi connectivity index (χ1) is 6.62. The summed E-state index contributed by atoms with van der Waals surface area (Å²) in [5, 5.41) is 2.68. The van der Waals surface area contributed by atoms with E-state index in [0.29, 0.717) is 6.54 Å². The van der Waals surface area contributed by atoms with E-state index in [4.69, 9.17) is 14.2 Å². The number of nitrogens with one attached hydrogen (secondary N) is 1. The minimum absolute atomic E-state index is 0.0918. The predicted octanol–water partition coefficient (Wildman–Crippen LogP) is 0.248. The molecule has 0 unspecified atom stereocenters. The molecule has 0 radical (unpaired) electrons. The molecule has 1 amide bonds. The number of rotatable bonds is 4. The highest BCUT2D eigenvalue weighted by Crippen LogP contribution is 2.30. The van der Waals surface area contributed by atoms with E-state index in [2.05, 4.69) is 5.32 Å². The molecule has 1 N–H and O–H groups in total. The first-order valence-electron chi connectivity index (χ1n) is 4.62. The van der Waals surface area contributed by atoms with Crippen LogP contribution in [0.5, 0.6) is 0 Å². The average Bonchev–Trinajstić information content (AvgIpc) is 2.59. The first kappa shape index (κ1) is 11.4. The number of methoxy groups -OCH3 is 2. The van der Waals surface area contributed by atoms with Crippen LogP contribution >= 0.6 is 0 Å². The zero-order valence-corrected chi connectivity index (χ0v) is 8.83. The van der Waals surface area contributed by atoms with Crippen molar-refractivity contribution in [3.05, 3.63) is 0 Å². The fraction of sp³-hybridized carbons (Fsp3) is 0.889. The molecule has 2 atom stereocenters. The Kier molecular flexibility index (Phi) is 3.86. The Labute approximate surface area is 83.7 Å². The van der Waals surface area contributed by atoms with E-state index in [1.54, 1.807) is 14.2 Å². The number of carbonyl (C=O) groups is 1. The van der Waals surface area contributed by atoms with Crippen molar-refractivity contribution >= 4 is 5.91 Å². The van der Waals surface area contributed by atoms with Crippen LogP contribution in [0.3, 0.4) is 0 Å². The Morgan fingerprint density at radius 1 is 1.64 bits per heavy atom. The van der Waals surface area contributed by atoms with Crippen molar-refractivity contribution in [1.29, 1.82) is 0 Å². The molecule has 0 spiro atoms. The smallest absolute Gasteiger partial charge is 0.217 e. The molecule has 1 heterocycles. The van der Waals surface area contributed by atoms with Gasteiger partial charge in [0.2, 0.25) is 5.91 Å². The van der Waals surface area contributed by atoms with Gasteiger partial charge in [0.05, 0.1) is 6.54 Å². The van der Waals surface area contributed by atoms with Gasteiger partial charge in [-0.15, -0.1) is 0 Å². The molecule has 0 saturated carbocycles. The van der Waals surface area contributed by atoms with Crippen molar-refractivity contribution in [2.45, 2.75) is 31.8 Å². The number of ether oxygens (including phenoxy) is 3. The number of hydrogen-bond acceptors (Lipinski definition) is 4. The lowest BCUT2D eigenvalue weighted by molar-refractivity contribution is -0.252. The van der Waals surface area contributed by atoms with Crippen molar-refractivity contribution in [3.63, 3.8) is 0 Å². The molecule has 0 aromatic carbocycles. The molecule has 5 heteroatoms. The minimum Gasteiger partial charge on any atom is -0.356 e. The van der Waals surface area contributed by atoms with Gasteiger partial charge in [-0.2, -0.15) is 0 Å². The van der Waals surface area contributed by atoms with Crippen LogP contribution in [0.15, 0.2) is 0 Å². The van der Waals surface area contributed by atoms with Gasteiger partial charge >= 0.3 is 0 Å². The Morgan fingerprint density at radius 2 is 2.36 bits per heavy atom. The third-order valence-electron chi connectivity index (χ3n) is 2.35. The number of amides is 1. The monoisotopic (exact) mass is 203 g/mol. The van der Waals surface area contributed by atoms with Crippen LogP contribution in [-0.4, -0.2) is 38.7 Å². The predicted molar refractivity (Wildman–Crippen MR) is 49.5 cm³/mol. The van der Waals surface area contributed by atoms with Crippen LogP contribution in [0.25, 0.3) is 0 Å². The van der Waals surface area contributed by atoms with Gasteiger partial charge in [0.1, 0.15) is 0 Å². The fourth-order valence-corrected chi connectivity index (χ4v) is 1.47. The molecule has 1 rings (SSSR count). The lowest BCUT2D eigenvalue weighted by atomic mass is 10.2. The second-order valence-electron chi connectivity index (χ2n) is 3.35. The lowest BCUT2D eigenvalue weighted by Gasteiger charge is -2.27. The lowest BCUT2D eigenvalue weighted by Crippen LogP contribution is -2.44. The molecule has 1 fully saturated rings. The number of hydrogen-bond donors (Lipinski definition) is 1. The quantitative estimate of drug-likeness (QED) is 0.711. The molecule has 1 aliphatic heterocycles. The van der Waals surface area contributed by atoms with Crippen LogP contribution in [0, 0.1) is 0 Å². The fourth-order valence-electron chi connectivity index (χ4n) is 1.47. The van der Waals surface area contributed by atoms with Gasteiger partial charge in [-0.05, 0) is 0 Å². The molecular weight excluding hydrogens is 186 g/mol. The Hall–Kier alpha value is -0.650. The van der Waals surface area contributed by atoms with Gasteiger partial charge in [-0.3, -0.25) is 4.79 Å². The summed E-state index contributed by atoms with van der Waals surface area (Å²) in [6.45, 7) is 1.82. The molecule has 5 nitrogen and oxygen atoms in total. The second-order valence-corrected chi connectivity index (χ2v) is 3.35. The largest absolute Gasteiger partial charge is 0.356 e. The topological polar surface area (TPSA) is 56.8 Å². The van der Waals surface area contributed by atoms with E-state index in [9.17, 15) is 4.79 Å². The van der Waals surface area contributed by atoms with Crippen molar-refractivity contribution < 1.29 is 19.0 Å². The summed E-state index contributed by atoms with van der Waals surface area (Å²) in [4.78, 5) is 10.8. The highest BCUT2D eigenvalue weighted by molar-refractivity contribution is 5.72. The van der Waals surface area contributed by atoms with E-state index in [-0.39, 0.29) is 12.2 Å². The van der Waals surface area contributed by atoms with E-state index >= 15 is 0 Å². The third-order valence-corrected chi connectivity index (χ3v) is 2.35. The van der Waals surface area contributed by atoms with Gasteiger partial charge in [0.15, 0.2) is 12.1 Å². The third kappa shape index (κ3) is 2.67. The van der Waals surface area contributed by atoms with Crippen LogP contribution in [0.1, 0.15) is 19.8 Å². The van der Waals surface area contributed by atoms with Crippen LogP contribution in [-0.2, 0) is 19.0 Å². The maximum atomic E-state index is 10.8. The highest BCUT2D eigenvalue weighted by atomic mass is 16.8. The van der Waals surface area contributed by atoms with Crippen LogP contribution in [0.2, 0.25) is 0 Å². The molecular formula is C9H17NO4. The summed E-state index contributed by atoms with van der Waals surface area (Å²) in [5.41, 5.74) is 0. The van der Waals surface area contributed by atoms with E-state index in [1.165, 1.54) is 6.92 Å². The summed E-state index contributed by atoms with van der Waals surface area (Å²) in [6.07, 6.45) is 1.27.